The molecule has 6 nitrogen and oxygen atoms in total. The van der Waals surface area contributed by atoms with E-state index < -0.39 is 0 Å². The van der Waals surface area contributed by atoms with Crippen molar-refractivity contribution < 1.29 is 4.74 Å². The van der Waals surface area contributed by atoms with E-state index in [4.69, 9.17) is 9.72 Å². The number of hydrogen-bond donors (Lipinski definition) is 1. The van der Waals surface area contributed by atoms with Gasteiger partial charge >= 0.3 is 0 Å². The third-order valence-electron chi connectivity index (χ3n) is 6.30. The van der Waals surface area contributed by atoms with Crippen molar-refractivity contribution in [2.24, 2.45) is 5.92 Å². The molecule has 166 valence electrons. The summed E-state index contributed by atoms with van der Waals surface area (Å²) in [5.74, 6) is 2.46. The fraction of sp³-hybridized carbons (Fsp3) is 0.520. The van der Waals surface area contributed by atoms with Crippen LogP contribution < -0.4 is 4.74 Å². The number of benzene rings is 1. The van der Waals surface area contributed by atoms with E-state index in [1.807, 2.05) is 12.3 Å². The highest BCUT2D eigenvalue weighted by Crippen LogP contribution is 2.37. The summed E-state index contributed by atoms with van der Waals surface area (Å²) in [6.07, 6.45) is 4.80. The van der Waals surface area contributed by atoms with Gasteiger partial charge in [0, 0.05) is 24.0 Å². The largest absolute Gasteiger partial charge is 0.496 e. The van der Waals surface area contributed by atoms with Crippen LogP contribution in [-0.4, -0.2) is 44.3 Å². The van der Waals surface area contributed by atoms with E-state index in [1.54, 1.807) is 7.11 Å². The van der Waals surface area contributed by atoms with Crippen LogP contribution in [0.2, 0.25) is 0 Å². The quantitative estimate of drug-likeness (QED) is 0.621. The second-order valence-corrected chi connectivity index (χ2v) is 10.0. The van der Waals surface area contributed by atoms with Crippen LogP contribution in [0.3, 0.4) is 0 Å². The van der Waals surface area contributed by atoms with Gasteiger partial charge in [-0.1, -0.05) is 13.8 Å². The summed E-state index contributed by atoms with van der Waals surface area (Å²) >= 11 is 0. The number of aromatic amines is 1. The van der Waals surface area contributed by atoms with Gasteiger partial charge in [0.2, 0.25) is 0 Å². The Labute approximate surface area is 185 Å². The molecule has 0 atom stereocenters. The van der Waals surface area contributed by atoms with Crippen LogP contribution in [0, 0.1) is 5.92 Å². The van der Waals surface area contributed by atoms with Gasteiger partial charge in [0.15, 0.2) is 5.82 Å². The fourth-order valence-electron chi connectivity index (χ4n) is 4.26. The first-order valence-electron chi connectivity index (χ1n) is 11.2. The molecule has 6 heteroatoms. The van der Waals surface area contributed by atoms with Crippen LogP contribution in [0.4, 0.5) is 0 Å². The molecule has 0 unspecified atom stereocenters. The third kappa shape index (κ3) is 4.13. The highest BCUT2D eigenvalue weighted by Gasteiger charge is 2.29. The molecule has 0 saturated heterocycles. The Bertz CT molecular complexity index is 1060. The van der Waals surface area contributed by atoms with Crippen LogP contribution >= 0.6 is 0 Å². The normalized spacial score (nSPS) is 13.6. The van der Waals surface area contributed by atoms with E-state index >= 15 is 0 Å². The van der Waals surface area contributed by atoms with Crippen molar-refractivity contribution in [3.8, 4) is 23.0 Å². The predicted molar refractivity (Wildman–Crippen MR) is 125 cm³/mol. The monoisotopic (exact) mass is 421 g/mol. The number of rotatable bonds is 6. The number of methoxy groups -OCH3 is 1. The van der Waals surface area contributed by atoms with E-state index in [9.17, 15) is 0 Å². The molecule has 0 aliphatic carbocycles. The van der Waals surface area contributed by atoms with Crippen LogP contribution in [-0.2, 0) is 25.8 Å². The lowest BCUT2D eigenvalue weighted by Gasteiger charge is -2.32. The molecule has 3 aromatic rings. The Morgan fingerprint density at radius 3 is 2.61 bits per heavy atom. The molecule has 4 rings (SSSR count). The lowest BCUT2D eigenvalue weighted by Crippen LogP contribution is -2.37. The molecule has 0 spiro atoms. The zero-order valence-corrected chi connectivity index (χ0v) is 19.9. The average molecular weight is 422 g/mol. The molecule has 31 heavy (non-hydrogen) atoms. The molecule has 0 fully saturated rings. The topological polar surface area (TPSA) is 59.0 Å². The van der Waals surface area contributed by atoms with Crippen LogP contribution in [0.15, 0.2) is 24.4 Å². The van der Waals surface area contributed by atoms with Crippen molar-refractivity contribution in [3.05, 3.63) is 46.9 Å². The number of H-pyrrole nitrogens is 1. The zero-order chi connectivity index (χ0) is 22.3. The molecule has 0 radical (unpaired) electrons. The van der Waals surface area contributed by atoms with Gasteiger partial charge in [-0.25, -0.2) is 4.98 Å². The van der Waals surface area contributed by atoms with Gasteiger partial charge < -0.3 is 4.74 Å². The lowest BCUT2D eigenvalue weighted by atomic mass is 9.94. The summed E-state index contributed by atoms with van der Waals surface area (Å²) in [6, 6.07) is 6.54. The standard InChI is InChI=1S/C25H35N5O/c1-16(2)12-18-13-22-17(14-23(18)31-7)8-9-21-20(15-29(6)25(3,4)5)27-24(30(21)22)19-10-11-26-28-19/h10-11,13-14,16H,8-9,12,15H2,1-7H3,(H,26,28). The van der Waals surface area contributed by atoms with Gasteiger partial charge in [0.05, 0.1) is 18.5 Å². The molecule has 2 aromatic heterocycles. The maximum atomic E-state index is 5.75. The Hall–Kier alpha value is -2.60. The first kappa shape index (κ1) is 21.6. The molecular weight excluding hydrogens is 386 g/mol. The maximum Gasteiger partial charge on any atom is 0.165 e. The minimum Gasteiger partial charge on any atom is -0.496 e. The molecule has 0 amide bonds. The van der Waals surface area contributed by atoms with Gasteiger partial charge in [0.25, 0.3) is 0 Å². The van der Waals surface area contributed by atoms with Crippen molar-refractivity contribution in [3.63, 3.8) is 0 Å². The molecule has 0 bridgehead atoms. The van der Waals surface area contributed by atoms with Crippen molar-refractivity contribution >= 4 is 0 Å². The Kier molecular flexibility index (Phi) is 5.69. The van der Waals surface area contributed by atoms with Crippen LogP contribution in [0.1, 0.15) is 57.1 Å². The zero-order valence-electron chi connectivity index (χ0n) is 19.9. The van der Waals surface area contributed by atoms with Crippen LogP contribution in [0.5, 0.6) is 5.75 Å². The minimum atomic E-state index is 0.0768. The highest BCUT2D eigenvalue weighted by molar-refractivity contribution is 5.62. The Balaban J connectivity index is 1.89. The van der Waals surface area contributed by atoms with Crippen molar-refractivity contribution in [1.29, 1.82) is 0 Å². The van der Waals surface area contributed by atoms with Gasteiger partial charge in [0.1, 0.15) is 11.4 Å². The van der Waals surface area contributed by atoms with Gasteiger partial charge in [-0.05, 0) is 82.3 Å². The summed E-state index contributed by atoms with van der Waals surface area (Å²) in [5, 5.41) is 7.42. The molecule has 1 aromatic carbocycles. The van der Waals surface area contributed by atoms with Crippen molar-refractivity contribution in [2.75, 3.05) is 14.2 Å². The van der Waals surface area contributed by atoms with Gasteiger partial charge in [-0.3, -0.25) is 14.6 Å². The van der Waals surface area contributed by atoms with Gasteiger partial charge in [-0.15, -0.1) is 0 Å². The summed E-state index contributed by atoms with van der Waals surface area (Å²) in [6.45, 7) is 12.0. The second kappa shape index (κ2) is 8.15. The van der Waals surface area contributed by atoms with Crippen molar-refractivity contribution in [1.82, 2.24) is 24.6 Å². The maximum absolute atomic E-state index is 5.75. The average Bonchev–Trinajstić information content (AvgIpc) is 3.34. The van der Waals surface area contributed by atoms with Crippen molar-refractivity contribution in [2.45, 2.75) is 66.0 Å². The molecule has 3 heterocycles. The number of aryl methyl sites for hydroxylation is 1. The Morgan fingerprint density at radius 1 is 1.23 bits per heavy atom. The third-order valence-corrected chi connectivity index (χ3v) is 6.30. The smallest absolute Gasteiger partial charge is 0.165 e. The molecule has 1 aliphatic heterocycles. The summed E-state index contributed by atoms with van der Waals surface area (Å²) in [5.41, 5.74) is 7.16. The SMILES string of the molecule is COc1cc2c(cc1CC(C)C)-n1c(-c3cc[nH]n3)nc(CN(C)C(C)(C)C)c1CC2. The number of imidazole rings is 1. The lowest BCUT2D eigenvalue weighted by molar-refractivity contribution is 0.165. The molecule has 1 N–H and O–H groups in total. The summed E-state index contributed by atoms with van der Waals surface area (Å²) < 4.78 is 8.09. The van der Waals surface area contributed by atoms with E-state index in [0.717, 1.165) is 48.8 Å². The molecule has 0 saturated carbocycles. The predicted octanol–water partition coefficient (Wildman–Crippen LogP) is 4.80. The second-order valence-electron chi connectivity index (χ2n) is 10.0. The number of ether oxygens (including phenoxy) is 1. The van der Waals surface area contributed by atoms with E-state index in [1.165, 1.54) is 22.5 Å². The first-order chi connectivity index (χ1) is 14.7. The number of nitrogens with one attached hydrogen (secondary N) is 1. The van der Waals surface area contributed by atoms with E-state index in [2.05, 4.69) is 73.5 Å². The number of aromatic nitrogens is 4. The Morgan fingerprint density at radius 2 is 2.00 bits per heavy atom. The van der Waals surface area contributed by atoms with E-state index in [0.29, 0.717) is 5.92 Å². The van der Waals surface area contributed by atoms with E-state index in [-0.39, 0.29) is 5.54 Å². The number of hydrogen-bond acceptors (Lipinski definition) is 4. The minimum absolute atomic E-state index is 0.0768. The molecular formula is C25H35N5O. The van der Waals surface area contributed by atoms with Crippen LogP contribution in [0.25, 0.3) is 17.2 Å². The fourth-order valence-corrected chi connectivity index (χ4v) is 4.26. The molecule has 1 aliphatic rings. The van der Waals surface area contributed by atoms with Gasteiger partial charge in [-0.2, -0.15) is 5.10 Å². The summed E-state index contributed by atoms with van der Waals surface area (Å²) in [7, 11) is 3.94. The summed E-state index contributed by atoms with van der Waals surface area (Å²) in [4.78, 5) is 7.49. The first-order valence-corrected chi connectivity index (χ1v) is 11.2. The number of fused-ring (bicyclic) bond motifs is 3. The highest BCUT2D eigenvalue weighted by atomic mass is 16.5. The number of nitrogens with zero attached hydrogens (tertiary/aromatic N) is 4.